The van der Waals surface area contributed by atoms with Crippen LogP contribution < -0.4 is 16.4 Å². The third-order valence-corrected chi connectivity index (χ3v) is 3.54. The minimum atomic E-state index is -0.288. The van der Waals surface area contributed by atoms with Gasteiger partial charge in [-0.15, -0.1) is 0 Å². The minimum Gasteiger partial charge on any atom is -0.397 e. The van der Waals surface area contributed by atoms with E-state index in [4.69, 9.17) is 5.73 Å². The lowest BCUT2D eigenvalue weighted by atomic mass is 10.1. The van der Waals surface area contributed by atoms with Crippen LogP contribution in [0, 0.1) is 6.92 Å². The summed E-state index contributed by atoms with van der Waals surface area (Å²) in [6.45, 7) is 5.11. The molecule has 2 rings (SSSR count). The Labute approximate surface area is 118 Å². The second-order valence-corrected chi connectivity index (χ2v) is 5.02. The number of nitrogens with one attached hydrogen (secondary N) is 2. The first-order chi connectivity index (χ1) is 9.49. The zero-order chi connectivity index (χ0) is 14.7. The van der Waals surface area contributed by atoms with Crippen LogP contribution in [0.2, 0.25) is 0 Å². The molecule has 0 saturated carbocycles. The van der Waals surface area contributed by atoms with Crippen molar-refractivity contribution in [3.63, 3.8) is 0 Å². The van der Waals surface area contributed by atoms with Crippen molar-refractivity contribution in [2.75, 3.05) is 30.7 Å². The quantitative estimate of drug-likeness (QED) is 0.695. The molecular formula is C14H20N4O2. The van der Waals surface area contributed by atoms with E-state index >= 15 is 0 Å². The number of carbonyl (C=O) groups is 2. The van der Waals surface area contributed by atoms with Crippen LogP contribution in [0.25, 0.3) is 0 Å². The van der Waals surface area contributed by atoms with E-state index in [1.807, 2.05) is 24.0 Å². The molecule has 1 aliphatic heterocycles. The maximum Gasteiger partial charge on any atom is 0.238 e. The molecule has 0 spiro atoms. The van der Waals surface area contributed by atoms with Crippen molar-refractivity contribution >= 4 is 23.2 Å². The van der Waals surface area contributed by atoms with Crippen LogP contribution in [0.1, 0.15) is 12.5 Å². The van der Waals surface area contributed by atoms with E-state index < -0.39 is 0 Å². The molecule has 1 aromatic rings. The Balaban J connectivity index is 2.01. The zero-order valence-corrected chi connectivity index (χ0v) is 11.8. The number of rotatable bonds is 3. The van der Waals surface area contributed by atoms with E-state index in [-0.39, 0.29) is 24.4 Å². The molecule has 1 saturated heterocycles. The van der Waals surface area contributed by atoms with E-state index in [0.717, 1.165) is 5.56 Å². The Bertz CT molecular complexity index is 510. The molecule has 1 aromatic carbocycles. The van der Waals surface area contributed by atoms with Crippen LogP contribution in [0.5, 0.6) is 0 Å². The van der Waals surface area contributed by atoms with Gasteiger partial charge < -0.3 is 16.4 Å². The van der Waals surface area contributed by atoms with Crippen molar-refractivity contribution in [1.29, 1.82) is 0 Å². The molecule has 1 unspecified atom stereocenters. The Morgan fingerprint density at radius 3 is 3.00 bits per heavy atom. The average Bonchev–Trinajstić information content (AvgIpc) is 2.39. The molecule has 108 valence electrons. The van der Waals surface area contributed by atoms with Gasteiger partial charge in [0.25, 0.3) is 0 Å². The summed E-state index contributed by atoms with van der Waals surface area (Å²) < 4.78 is 0. The second-order valence-electron chi connectivity index (χ2n) is 5.02. The number of amides is 2. The summed E-state index contributed by atoms with van der Waals surface area (Å²) >= 11 is 0. The first-order valence-corrected chi connectivity index (χ1v) is 6.65. The molecule has 4 N–H and O–H groups in total. The first-order valence-electron chi connectivity index (χ1n) is 6.65. The summed E-state index contributed by atoms with van der Waals surface area (Å²) in [5.41, 5.74) is 7.97. The lowest BCUT2D eigenvalue weighted by molar-refractivity contribution is -0.129. The van der Waals surface area contributed by atoms with Gasteiger partial charge in [0.15, 0.2) is 0 Å². The van der Waals surface area contributed by atoms with Crippen molar-refractivity contribution < 1.29 is 9.59 Å². The molecule has 1 fully saturated rings. The van der Waals surface area contributed by atoms with Gasteiger partial charge in [-0.05, 0) is 25.5 Å². The average molecular weight is 276 g/mol. The molecule has 0 radical (unpaired) electrons. The van der Waals surface area contributed by atoms with Gasteiger partial charge >= 0.3 is 0 Å². The fraction of sp³-hybridized carbons (Fsp3) is 0.429. The molecule has 0 bridgehead atoms. The van der Waals surface area contributed by atoms with Crippen LogP contribution in [-0.2, 0) is 9.59 Å². The molecule has 6 nitrogen and oxygen atoms in total. The maximum absolute atomic E-state index is 12.1. The number of aryl methyl sites for hydroxylation is 1. The highest BCUT2D eigenvalue weighted by molar-refractivity contribution is 5.96. The summed E-state index contributed by atoms with van der Waals surface area (Å²) in [7, 11) is 0. The second kappa shape index (κ2) is 5.92. The third kappa shape index (κ3) is 3.08. The Hall–Kier alpha value is -2.08. The predicted molar refractivity (Wildman–Crippen MR) is 78.3 cm³/mol. The van der Waals surface area contributed by atoms with Crippen LogP contribution >= 0.6 is 0 Å². The normalized spacial score (nSPS) is 19.5. The standard InChI is InChI=1S/C14H20N4O2/c1-9-4-3-5-11(15)13(9)17-12(19)8-18-7-6-16-14(20)10(18)2/h3-5,10H,6-8,15H2,1-2H3,(H,16,20)(H,17,19). The van der Waals surface area contributed by atoms with Crippen LogP contribution in [0.15, 0.2) is 18.2 Å². The summed E-state index contributed by atoms with van der Waals surface area (Å²) in [5, 5.41) is 5.59. The molecule has 1 aliphatic rings. The largest absolute Gasteiger partial charge is 0.397 e. The Kier molecular flexibility index (Phi) is 4.24. The van der Waals surface area contributed by atoms with Gasteiger partial charge in [0.2, 0.25) is 11.8 Å². The number of para-hydroxylation sites is 1. The topological polar surface area (TPSA) is 87.5 Å². The van der Waals surface area contributed by atoms with Gasteiger partial charge in [0.05, 0.1) is 24.0 Å². The minimum absolute atomic E-state index is 0.0422. The zero-order valence-electron chi connectivity index (χ0n) is 11.8. The van der Waals surface area contributed by atoms with Crippen molar-refractivity contribution in [1.82, 2.24) is 10.2 Å². The number of hydrogen-bond donors (Lipinski definition) is 3. The summed E-state index contributed by atoms with van der Waals surface area (Å²) in [6, 6.07) is 5.20. The highest BCUT2D eigenvalue weighted by Crippen LogP contribution is 2.22. The summed E-state index contributed by atoms with van der Waals surface area (Å²) in [5.74, 6) is -0.202. The Morgan fingerprint density at radius 1 is 1.55 bits per heavy atom. The van der Waals surface area contributed by atoms with Crippen molar-refractivity contribution in [3.05, 3.63) is 23.8 Å². The predicted octanol–water partition coefficient (Wildman–Crippen LogP) is 0.336. The first kappa shape index (κ1) is 14.3. The van der Waals surface area contributed by atoms with Gasteiger partial charge in [0.1, 0.15) is 0 Å². The van der Waals surface area contributed by atoms with Gasteiger partial charge in [-0.2, -0.15) is 0 Å². The van der Waals surface area contributed by atoms with E-state index in [9.17, 15) is 9.59 Å². The van der Waals surface area contributed by atoms with Gasteiger partial charge in [-0.1, -0.05) is 12.1 Å². The highest BCUT2D eigenvalue weighted by Gasteiger charge is 2.26. The fourth-order valence-corrected chi connectivity index (χ4v) is 2.27. The van der Waals surface area contributed by atoms with Gasteiger partial charge in [-0.3, -0.25) is 14.5 Å². The lowest BCUT2D eigenvalue weighted by Gasteiger charge is -2.32. The highest BCUT2D eigenvalue weighted by atomic mass is 16.2. The molecule has 6 heteroatoms. The van der Waals surface area contributed by atoms with Crippen molar-refractivity contribution in [2.45, 2.75) is 19.9 Å². The molecule has 2 amide bonds. The fourth-order valence-electron chi connectivity index (χ4n) is 2.27. The SMILES string of the molecule is Cc1cccc(N)c1NC(=O)CN1CCNC(=O)C1C. The number of nitrogen functional groups attached to an aromatic ring is 1. The van der Waals surface area contributed by atoms with Gasteiger partial charge in [-0.25, -0.2) is 0 Å². The maximum atomic E-state index is 12.1. The molecular weight excluding hydrogens is 256 g/mol. The lowest BCUT2D eigenvalue weighted by Crippen LogP contribution is -2.55. The third-order valence-electron chi connectivity index (χ3n) is 3.54. The number of anilines is 2. The van der Waals surface area contributed by atoms with E-state index in [1.165, 1.54) is 0 Å². The molecule has 20 heavy (non-hydrogen) atoms. The smallest absolute Gasteiger partial charge is 0.238 e. The molecule has 0 aliphatic carbocycles. The number of nitrogens with two attached hydrogens (primary N) is 1. The van der Waals surface area contributed by atoms with Gasteiger partial charge in [0, 0.05) is 13.1 Å². The number of benzene rings is 1. The van der Waals surface area contributed by atoms with Crippen molar-refractivity contribution in [2.24, 2.45) is 0 Å². The molecule has 1 atom stereocenters. The Morgan fingerprint density at radius 2 is 2.30 bits per heavy atom. The van der Waals surface area contributed by atoms with E-state index in [0.29, 0.717) is 24.5 Å². The van der Waals surface area contributed by atoms with E-state index in [2.05, 4.69) is 10.6 Å². The van der Waals surface area contributed by atoms with E-state index in [1.54, 1.807) is 13.0 Å². The monoisotopic (exact) mass is 276 g/mol. The summed E-state index contributed by atoms with van der Waals surface area (Å²) in [4.78, 5) is 25.5. The number of piperazine rings is 1. The number of nitrogens with zero attached hydrogens (tertiary/aromatic N) is 1. The van der Waals surface area contributed by atoms with Crippen molar-refractivity contribution in [3.8, 4) is 0 Å². The van der Waals surface area contributed by atoms with Crippen LogP contribution in [0.3, 0.4) is 0 Å². The molecule has 1 heterocycles. The number of hydrogen-bond acceptors (Lipinski definition) is 4. The molecule has 0 aromatic heterocycles. The van der Waals surface area contributed by atoms with Crippen LogP contribution in [0.4, 0.5) is 11.4 Å². The van der Waals surface area contributed by atoms with Crippen LogP contribution in [-0.4, -0.2) is 42.4 Å². The number of carbonyl (C=O) groups excluding carboxylic acids is 2. The summed E-state index contributed by atoms with van der Waals surface area (Å²) in [6.07, 6.45) is 0.